The first-order valence-corrected chi connectivity index (χ1v) is 7.21. The van der Waals surface area contributed by atoms with Crippen LogP contribution in [0.2, 0.25) is 0 Å². The zero-order valence-corrected chi connectivity index (χ0v) is 12.4. The van der Waals surface area contributed by atoms with Gasteiger partial charge in [0.05, 0.1) is 30.0 Å². The minimum Gasteiger partial charge on any atom is -0.461 e. The molecule has 0 atom stereocenters. The van der Waals surface area contributed by atoms with Gasteiger partial charge in [-0.2, -0.15) is 5.10 Å². The standard InChI is InChI=1S/C17H12N4O3/c22-17(14-9-16(24-20-14)15-7-4-8-23-15)19-12-10-18-21(11-12)13-5-2-1-3-6-13/h1-11H,(H,19,22). The van der Waals surface area contributed by atoms with Gasteiger partial charge in [-0.15, -0.1) is 0 Å². The van der Waals surface area contributed by atoms with Crippen LogP contribution in [0, 0.1) is 0 Å². The van der Waals surface area contributed by atoms with Crippen molar-refractivity contribution in [1.29, 1.82) is 0 Å². The highest BCUT2D eigenvalue weighted by molar-refractivity contribution is 6.03. The average Bonchev–Trinajstić information content (AvgIpc) is 3.36. The van der Waals surface area contributed by atoms with Crippen molar-refractivity contribution >= 4 is 11.6 Å². The number of nitrogens with one attached hydrogen (secondary N) is 1. The smallest absolute Gasteiger partial charge is 0.277 e. The van der Waals surface area contributed by atoms with Gasteiger partial charge in [-0.1, -0.05) is 23.4 Å². The first kappa shape index (κ1) is 14.0. The zero-order valence-electron chi connectivity index (χ0n) is 12.4. The summed E-state index contributed by atoms with van der Waals surface area (Å²) < 4.78 is 12.0. The summed E-state index contributed by atoms with van der Waals surface area (Å²) in [6.45, 7) is 0. The monoisotopic (exact) mass is 320 g/mol. The minimum atomic E-state index is -0.385. The third-order valence-electron chi connectivity index (χ3n) is 3.37. The fourth-order valence-electron chi connectivity index (χ4n) is 2.22. The van der Waals surface area contributed by atoms with Crippen LogP contribution in [0.4, 0.5) is 5.69 Å². The van der Waals surface area contributed by atoms with Crippen LogP contribution < -0.4 is 5.32 Å². The molecule has 24 heavy (non-hydrogen) atoms. The lowest BCUT2D eigenvalue weighted by Gasteiger charge is -1.99. The molecule has 0 fully saturated rings. The lowest BCUT2D eigenvalue weighted by Crippen LogP contribution is -2.11. The number of rotatable bonds is 4. The molecular formula is C17H12N4O3. The number of furan rings is 1. The predicted molar refractivity (Wildman–Crippen MR) is 85.7 cm³/mol. The number of aromatic nitrogens is 3. The van der Waals surface area contributed by atoms with E-state index in [9.17, 15) is 4.79 Å². The van der Waals surface area contributed by atoms with Gasteiger partial charge in [0.25, 0.3) is 5.91 Å². The van der Waals surface area contributed by atoms with Gasteiger partial charge in [0.15, 0.2) is 11.5 Å². The molecular weight excluding hydrogens is 308 g/mol. The molecule has 7 nitrogen and oxygen atoms in total. The van der Waals surface area contributed by atoms with E-state index in [-0.39, 0.29) is 11.6 Å². The van der Waals surface area contributed by atoms with E-state index in [1.165, 1.54) is 12.3 Å². The quantitative estimate of drug-likeness (QED) is 0.623. The van der Waals surface area contributed by atoms with Gasteiger partial charge in [0, 0.05) is 6.07 Å². The molecule has 4 aromatic rings. The largest absolute Gasteiger partial charge is 0.461 e. The molecule has 0 bridgehead atoms. The Kier molecular flexibility index (Phi) is 3.43. The van der Waals surface area contributed by atoms with Crippen LogP contribution in [0.1, 0.15) is 10.5 Å². The Morgan fingerprint density at radius 1 is 1.08 bits per heavy atom. The van der Waals surface area contributed by atoms with E-state index in [1.54, 1.807) is 29.2 Å². The van der Waals surface area contributed by atoms with Gasteiger partial charge in [-0.3, -0.25) is 4.79 Å². The van der Waals surface area contributed by atoms with Crippen LogP contribution in [0.3, 0.4) is 0 Å². The molecule has 3 aromatic heterocycles. The number of hydrogen-bond donors (Lipinski definition) is 1. The Morgan fingerprint density at radius 3 is 2.75 bits per heavy atom. The number of nitrogens with zero attached hydrogens (tertiary/aromatic N) is 3. The molecule has 0 unspecified atom stereocenters. The van der Waals surface area contributed by atoms with E-state index in [0.717, 1.165) is 5.69 Å². The maximum Gasteiger partial charge on any atom is 0.277 e. The Labute approximate surface area is 136 Å². The van der Waals surface area contributed by atoms with E-state index in [0.29, 0.717) is 17.2 Å². The van der Waals surface area contributed by atoms with Gasteiger partial charge < -0.3 is 14.3 Å². The van der Waals surface area contributed by atoms with Gasteiger partial charge >= 0.3 is 0 Å². The highest BCUT2D eigenvalue weighted by Crippen LogP contribution is 2.21. The first-order chi connectivity index (χ1) is 11.8. The molecule has 1 amide bonds. The lowest BCUT2D eigenvalue weighted by atomic mass is 10.3. The summed E-state index contributed by atoms with van der Waals surface area (Å²) in [6, 6.07) is 14.6. The van der Waals surface area contributed by atoms with Crippen molar-refractivity contribution in [2.45, 2.75) is 0 Å². The van der Waals surface area contributed by atoms with Gasteiger partial charge in [-0.25, -0.2) is 4.68 Å². The van der Waals surface area contributed by atoms with Crippen LogP contribution in [-0.4, -0.2) is 20.8 Å². The Morgan fingerprint density at radius 2 is 1.96 bits per heavy atom. The number of amides is 1. The maximum absolute atomic E-state index is 12.2. The molecule has 0 saturated heterocycles. The van der Waals surface area contributed by atoms with Crippen LogP contribution in [0.15, 0.2) is 76.1 Å². The van der Waals surface area contributed by atoms with Gasteiger partial charge in [0.1, 0.15) is 0 Å². The van der Waals surface area contributed by atoms with Gasteiger partial charge in [-0.05, 0) is 24.3 Å². The number of benzene rings is 1. The molecule has 0 spiro atoms. The third-order valence-corrected chi connectivity index (χ3v) is 3.37. The summed E-state index contributed by atoms with van der Waals surface area (Å²) in [6.07, 6.45) is 4.81. The fourth-order valence-corrected chi connectivity index (χ4v) is 2.22. The van der Waals surface area contributed by atoms with E-state index in [2.05, 4.69) is 15.6 Å². The Bertz CT molecular complexity index is 955. The van der Waals surface area contributed by atoms with E-state index in [4.69, 9.17) is 8.94 Å². The molecule has 4 rings (SSSR count). The summed E-state index contributed by atoms with van der Waals surface area (Å²) in [5.74, 6) is 0.521. The number of anilines is 1. The summed E-state index contributed by atoms with van der Waals surface area (Å²) in [4.78, 5) is 12.2. The molecule has 0 radical (unpaired) electrons. The van der Waals surface area contributed by atoms with Crippen molar-refractivity contribution in [2.24, 2.45) is 0 Å². The minimum absolute atomic E-state index is 0.161. The second-order valence-corrected chi connectivity index (χ2v) is 5.02. The van der Waals surface area contributed by atoms with Crippen molar-refractivity contribution in [3.05, 3.63) is 72.9 Å². The molecule has 0 aliphatic carbocycles. The molecule has 118 valence electrons. The first-order valence-electron chi connectivity index (χ1n) is 7.21. The predicted octanol–water partition coefficient (Wildman–Crippen LogP) is 3.37. The van der Waals surface area contributed by atoms with Crippen LogP contribution in [0.5, 0.6) is 0 Å². The molecule has 1 N–H and O–H groups in total. The summed E-state index contributed by atoms with van der Waals surface area (Å²) in [7, 11) is 0. The number of para-hydroxylation sites is 1. The van der Waals surface area contributed by atoms with Crippen LogP contribution in [-0.2, 0) is 0 Å². The summed E-state index contributed by atoms with van der Waals surface area (Å²) >= 11 is 0. The topological polar surface area (TPSA) is 86.1 Å². The zero-order chi connectivity index (χ0) is 16.4. The normalized spacial score (nSPS) is 10.7. The van der Waals surface area contributed by atoms with Crippen molar-refractivity contribution in [1.82, 2.24) is 14.9 Å². The van der Waals surface area contributed by atoms with E-state index < -0.39 is 0 Å². The summed E-state index contributed by atoms with van der Waals surface area (Å²) in [5.41, 5.74) is 1.62. The maximum atomic E-state index is 12.2. The number of carbonyl (C=O) groups is 1. The van der Waals surface area contributed by atoms with Crippen molar-refractivity contribution in [3.8, 4) is 17.2 Å². The molecule has 3 heterocycles. The molecule has 7 heteroatoms. The lowest BCUT2D eigenvalue weighted by molar-refractivity contribution is 0.101. The Hall–Kier alpha value is -3.61. The SMILES string of the molecule is O=C(Nc1cnn(-c2ccccc2)c1)c1cc(-c2ccco2)on1. The van der Waals surface area contributed by atoms with Crippen molar-refractivity contribution in [2.75, 3.05) is 5.32 Å². The van der Waals surface area contributed by atoms with Crippen molar-refractivity contribution < 1.29 is 13.7 Å². The average molecular weight is 320 g/mol. The molecule has 1 aromatic carbocycles. The number of carbonyl (C=O) groups excluding carboxylic acids is 1. The summed E-state index contributed by atoms with van der Waals surface area (Å²) in [5, 5.41) is 10.7. The Balaban J connectivity index is 1.50. The fraction of sp³-hybridized carbons (Fsp3) is 0. The number of hydrogen-bond acceptors (Lipinski definition) is 5. The van der Waals surface area contributed by atoms with Crippen molar-refractivity contribution in [3.63, 3.8) is 0 Å². The highest BCUT2D eigenvalue weighted by Gasteiger charge is 2.16. The molecule has 0 aliphatic rings. The third kappa shape index (κ3) is 2.70. The van der Waals surface area contributed by atoms with Crippen LogP contribution >= 0.6 is 0 Å². The second-order valence-electron chi connectivity index (χ2n) is 5.02. The van der Waals surface area contributed by atoms with E-state index >= 15 is 0 Å². The highest BCUT2D eigenvalue weighted by atomic mass is 16.5. The second kappa shape index (κ2) is 5.88. The van der Waals surface area contributed by atoms with Crippen LogP contribution in [0.25, 0.3) is 17.2 Å². The molecule has 0 aliphatic heterocycles. The molecule has 0 saturated carbocycles. The van der Waals surface area contributed by atoms with E-state index in [1.807, 2.05) is 30.3 Å². The van der Waals surface area contributed by atoms with Gasteiger partial charge in [0.2, 0.25) is 5.76 Å².